The van der Waals surface area contributed by atoms with Crippen LogP contribution in [0.2, 0.25) is 0 Å². The van der Waals surface area contributed by atoms with Crippen LogP contribution in [0, 0.1) is 0 Å². The topological polar surface area (TPSA) is 38.3 Å². The van der Waals surface area contributed by atoms with Crippen LogP contribution < -0.4 is 10.1 Å². The van der Waals surface area contributed by atoms with Crippen molar-refractivity contribution in [1.29, 1.82) is 0 Å². The molecule has 0 aliphatic carbocycles. The second-order valence-corrected chi connectivity index (χ2v) is 4.59. The summed E-state index contributed by atoms with van der Waals surface area (Å²) in [5.74, 6) is 1.45. The molecule has 0 radical (unpaired) electrons. The quantitative estimate of drug-likeness (QED) is 0.737. The van der Waals surface area contributed by atoms with Crippen molar-refractivity contribution in [3.63, 3.8) is 0 Å². The molecule has 0 heterocycles. The van der Waals surface area contributed by atoms with Crippen molar-refractivity contribution in [3.8, 4) is 5.75 Å². The molecular formula is C14H20ClNO2. The minimum absolute atomic E-state index is 0.0213. The van der Waals surface area contributed by atoms with Crippen LogP contribution in [0.1, 0.15) is 26.2 Å². The smallest absolute Gasteiger partial charge is 0.223 e. The fraction of sp³-hybridized carbons (Fsp3) is 0.500. The number of hydrogen-bond acceptors (Lipinski definition) is 2. The maximum absolute atomic E-state index is 11.6. The fourth-order valence-electron chi connectivity index (χ4n) is 1.58. The van der Waals surface area contributed by atoms with Crippen LogP contribution in [0.3, 0.4) is 0 Å². The Morgan fingerprint density at radius 3 is 2.78 bits per heavy atom. The van der Waals surface area contributed by atoms with E-state index in [1.54, 1.807) is 0 Å². The van der Waals surface area contributed by atoms with Crippen LogP contribution in [0.25, 0.3) is 0 Å². The molecule has 0 aromatic heterocycles. The van der Waals surface area contributed by atoms with Crippen LogP contribution in [-0.2, 0) is 4.79 Å². The molecule has 1 aromatic rings. The molecule has 3 nitrogen and oxygen atoms in total. The standard InChI is InChI=1S/C14H20ClNO2/c1-12(6-5-10-15)16-14(17)9-11-18-13-7-3-2-4-8-13/h2-4,7-8,12H,5-6,9-11H2,1H3,(H,16,17). The number of ether oxygens (including phenoxy) is 1. The lowest BCUT2D eigenvalue weighted by molar-refractivity contribution is -0.122. The Morgan fingerprint density at radius 1 is 1.39 bits per heavy atom. The maximum Gasteiger partial charge on any atom is 0.223 e. The van der Waals surface area contributed by atoms with Gasteiger partial charge in [0.1, 0.15) is 5.75 Å². The molecule has 18 heavy (non-hydrogen) atoms. The molecule has 1 unspecified atom stereocenters. The predicted octanol–water partition coefficient (Wildman–Crippen LogP) is 2.98. The van der Waals surface area contributed by atoms with Gasteiger partial charge in [0.25, 0.3) is 0 Å². The highest BCUT2D eigenvalue weighted by Crippen LogP contribution is 2.08. The van der Waals surface area contributed by atoms with E-state index in [0.717, 1.165) is 18.6 Å². The number of para-hydroxylation sites is 1. The first-order valence-corrected chi connectivity index (χ1v) is 6.79. The third-order valence-electron chi connectivity index (χ3n) is 2.52. The van der Waals surface area contributed by atoms with E-state index in [9.17, 15) is 4.79 Å². The van der Waals surface area contributed by atoms with Gasteiger partial charge < -0.3 is 10.1 Å². The van der Waals surface area contributed by atoms with Crippen molar-refractivity contribution in [1.82, 2.24) is 5.32 Å². The summed E-state index contributed by atoms with van der Waals surface area (Å²) in [6.07, 6.45) is 2.21. The molecule has 0 spiro atoms. The van der Waals surface area contributed by atoms with E-state index in [2.05, 4.69) is 5.32 Å². The van der Waals surface area contributed by atoms with Crippen molar-refractivity contribution in [2.24, 2.45) is 0 Å². The molecule has 0 saturated heterocycles. The van der Waals surface area contributed by atoms with Crippen LogP contribution in [0.15, 0.2) is 30.3 Å². The molecular weight excluding hydrogens is 250 g/mol. The molecule has 0 aliphatic heterocycles. The summed E-state index contributed by atoms with van der Waals surface area (Å²) in [4.78, 5) is 11.6. The number of benzene rings is 1. The summed E-state index contributed by atoms with van der Waals surface area (Å²) in [7, 11) is 0. The Morgan fingerprint density at radius 2 is 2.11 bits per heavy atom. The zero-order valence-electron chi connectivity index (χ0n) is 10.7. The normalized spacial score (nSPS) is 11.9. The lowest BCUT2D eigenvalue weighted by atomic mass is 10.2. The molecule has 0 bridgehead atoms. The summed E-state index contributed by atoms with van der Waals surface area (Å²) in [5.41, 5.74) is 0. The van der Waals surface area contributed by atoms with Crippen molar-refractivity contribution in [2.45, 2.75) is 32.2 Å². The predicted molar refractivity (Wildman–Crippen MR) is 74.1 cm³/mol. The summed E-state index contributed by atoms with van der Waals surface area (Å²) in [6, 6.07) is 9.67. The highest BCUT2D eigenvalue weighted by atomic mass is 35.5. The molecule has 100 valence electrons. The first kappa shape index (κ1) is 14.8. The molecule has 1 atom stereocenters. The van der Waals surface area contributed by atoms with E-state index >= 15 is 0 Å². The van der Waals surface area contributed by atoms with Gasteiger partial charge in [-0.2, -0.15) is 0 Å². The van der Waals surface area contributed by atoms with Gasteiger partial charge in [0.2, 0.25) is 5.91 Å². The van der Waals surface area contributed by atoms with E-state index in [-0.39, 0.29) is 11.9 Å². The van der Waals surface area contributed by atoms with Gasteiger partial charge in [-0.25, -0.2) is 0 Å². The maximum atomic E-state index is 11.6. The molecule has 1 aromatic carbocycles. The van der Waals surface area contributed by atoms with Crippen molar-refractivity contribution in [2.75, 3.05) is 12.5 Å². The number of alkyl halides is 1. The van der Waals surface area contributed by atoms with Crippen molar-refractivity contribution >= 4 is 17.5 Å². The van der Waals surface area contributed by atoms with E-state index in [1.807, 2.05) is 37.3 Å². The average molecular weight is 270 g/mol. The van der Waals surface area contributed by atoms with Crippen LogP contribution in [-0.4, -0.2) is 24.4 Å². The summed E-state index contributed by atoms with van der Waals surface area (Å²) >= 11 is 5.60. The largest absolute Gasteiger partial charge is 0.493 e. The molecule has 0 fully saturated rings. The molecule has 0 saturated carbocycles. The van der Waals surface area contributed by atoms with E-state index < -0.39 is 0 Å². The van der Waals surface area contributed by atoms with Gasteiger partial charge in [0.05, 0.1) is 13.0 Å². The first-order valence-electron chi connectivity index (χ1n) is 6.25. The first-order chi connectivity index (χ1) is 8.72. The van der Waals surface area contributed by atoms with E-state index in [1.165, 1.54) is 0 Å². The SMILES string of the molecule is CC(CCCCl)NC(=O)CCOc1ccccc1. The van der Waals surface area contributed by atoms with Gasteiger partial charge in [-0.15, -0.1) is 11.6 Å². The number of hydrogen-bond donors (Lipinski definition) is 1. The Bertz CT molecular complexity index is 343. The van der Waals surface area contributed by atoms with Crippen molar-refractivity contribution in [3.05, 3.63) is 30.3 Å². The van der Waals surface area contributed by atoms with E-state index in [0.29, 0.717) is 18.9 Å². The van der Waals surface area contributed by atoms with Gasteiger partial charge in [-0.3, -0.25) is 4.79 Å². The number of halogens is 1. The van der Waals surface area contributed by atoms with Crippen LogP contribution >= 0.6 is 11.6 Å². The zero-order valence-corrected chi connectivity index (χ0v) is 11.5. The lowest BCUT2D eigenvalue weighted by Crippen LogP contribution is -2.33. The van der Waals surface area contributed by atoms with Crippen molar-refractivity contribution < 1.29 is 9.53 Å². The molecule has 1 N–H and O–H groups in total. The number of carbonyl (C=O) groups is 1. The third-order valence-corrected chi connectivity index (χ3v) is 2.79. The number of carbonyl (C=O) groups excluding carboxylic acids is 1. The number of amides is 1. The molecule has 1 amide bonds. The monoisotopic (exact) mass is 269 g/mol. The second kappa shape index (κ2) is 8.81. The minimum Gasteiger partial charge on any atom is -0.493 e. The van der Waals surface area contributed by atoms with Gasteiger partial charge >= 0.3 is 0 Å². The molecule has 1 rings (SSSR count). The second-order valence-electron chi connectivity index (χ2n) is 4.21. The molecule has 4 heteroatoms. The molecule has 0 aliphatic rings. The summed E-state index contributed by atoms with van der Waals surface area (Å²) in [5, 5.41) is 2.92. The third kappa shape index (κ3) is 6.50. The minimum atomic E-state index is 0.0213. The van der Waals surface area contributed by atoms with E-state index in [4.69, 9.17) is 16.3 Å². The Balaban J connectivity index is 2.13. The Kier molecular flexibility index (Phi) is 7.26. The summed E-state index contributed by atoms with van der Waals surface area (Å²) < 4.78 is 5.46. The number of rotatable bonds is 8. The zero-order chi connectivity index (χ0) is 13.2. The number of nitrogens with one attached hydrogen (secondary N) is 1. The van der Waals surface area contributed by atoms with Gasteiger partial charge in [0.15, 0.2) is 0 Å². The van der Waals surface area contributed by atoms with Crippen LogP contribution in [0.4, 0.5) is 0 Å². The van der Waals surface area contributed by atoms with Gasteiger partial charge in [-0.1, -0.05) is 18.2 Å². The van der Waals surface area contributed by atoms with Crippen LogP contribution in [0.5, 0.6) is 5.75 Å². The highest BCUT2D eigenvalue weighted by Gasteiger charge is 2.06. The summed E-state index contributed by atoms with van der Waals surface area (Å²) in [6.45, 7) is 2.39. The Labute approximate surface area is 113 Å². The lowest BCUT2D eigenvalue weighted by Gasteiger charge is -2.13. The fourth-order valence-corrected chi connectivity index (χ4v) is 1.74. The Hall–Kier alpha value is -1.22. The highest BCUT2D eigenvalue weighted by molar-refractivity contribution is 6.17. The van der Waals surface area contributed by atoms with Gasteiger partial charge in [-0.05, 0) is 31.9 Å². The van der Waals surface area contributed by atoms with Gasteiger partial charge in [0, 0.05) is 11.9 Å². The average Bonchev–Trinajstić information content (AvgIpc) is 2.37.